The molecule has 4 N–H and O–H groups in total. The number of fused-ring (bicyclic) bond motifs is 1. The predicted octanol–water partition coefficient (Wildman–Crippen LogP) is 5.22. The lowest BCUT2D eigenvalue weighted by Crippen LogP contribution is -2.19. The molecule has 0 bridgehead atoms. The number of aliphatic hydroxyl groups is 3. The summed E-state index contributed by atoms with van der Waals surface area (Å²) in [4.78, 5) is 13.2. The number of anilines is 1. The molecule has 36 heavy (non-hydrogen) atoms. The minimum atomic E-state index is -1.15. The van der Waals surface area contributed by atoms with Gasteiger partial charge in [-0.15, -0.1) is 0 Å². The highest BCUT2D eigenvalue weighted by molar-refractivity contribution is 6.35. The number of aliphatic hydroxyl groups excluding tert-OH is 2. The zero-order valence-corrected chi connectivity index (χ0v) is 21.2. The molecular formula is C27H28ClFN4O3. The van der Waals surface area contributed by atoms with Crippen LogP contribution in [0.3, 0.4) is 0 Å². The zero-order valence-electron chi connectivity index (χ0n) is 20.4. The summed E-state index contributed by atoms with van der Waals surface area (Å²) in [6, 6.07) is 9.41. The van der Waals surface area contributed by atoms with Crippen molar-refractivity contribution in [3.8, 4) is 11.1 Å². The molecule has 188 valence electrons. The first-order chi connectivity index (χ1) is 17.0. The molecule has 0 aliphatic carbocycles. The van der Waals surface area contributed by atoms with Gasteiger partial charge < -0.3 is 20.6 Å². The molecule has 2 atom stereocenters. The monoisotopic (exact) mass is 510 g/mol. The van der Waals surface area contributed by atoms with E-state index < -0.39 is 30.2 Å². The number of nitrogens with one attached hydrogen (secondary N) is 1. The van der Waals surface area contributed by atoms with E-state index in [2.05, 4.69) is 20.3 Å². The van der Waals surface area contributed by atoms with Crippen molar-refractivity contribution in [2.24, 2.45) is 0 Å². The van der Waals surface area contributed by atoms with E-state index in [9.17, 15) is 19.7 Å². The Kier molecular flexibility index (Phi) is 7.24. The second-order valence-corrected chi connectivity index (χ2v) is 9.70. The van der Waals surface area contributed by atoms with Crippen LogP contribution in [-0.4, -0.2) is 36.9 Å². The van der Waals surface area contributed by atoms with E-state index in [0.717, 1.165) is 16.5 Å². The topological polar surface area (TPSA) is 111 Å². The van der Waals surface area contributed by atoms with Gasteiger partial charge in [0.25, 0.3) is 0 Å². The van der Waals surface area contributed by atoms with Gasteiger partial charge in [0.05, 0.1) is 34.6 Å². The van der Waals surface area contributed by atoms with Gasteiger partial charge in [-0.2, -0.15) is 0 Å². The first-order valence-electron chi connectivity index (χ1n) is 11.5. The lowest BCUT2D eigenvalue weighted by molar-refractivity contribution is 0.0687. The van der Waals surface area contributed by atoms with Crippen molar-refractivity contribution in [1.82, 2.24) is 15.0 Å². The summed E-state index contributed by atoms with van der Waals surface area (Å²) in [5.74, 6) is -0.126. The number of hydrogen-bond acceptors (Lipinski definition) is 7. The van der Waals surface area contributed by atoms with Crippen molar-refractivity contribution in [2.75, 3.05) is 11.9 Å². The standard InChI is InChI=1S/C27H28ClFN4O3/c1-14(19-10-17(23(35)13-34)5-7-21(19)29)33-25-20-9-16(6-8-22(20)32-15(2)24(25)28)18-11-30-26(31-12-18)27(3,4)36/h5-12,14,23,34-36H,13H2,1-4H3,(H,32,33). The number of pyridine rings is 1. The lowest BCUT2D eigenvalue weighted by atomic mass is 10.00. The summed E-state index contributed by atoms with van der Waals surface area (Å²) in [5.41, 5.74) is 3.08. The van der Waals surface area contributed by atoms with Crippen LogP contribution in [0.1, 0.15) is 55.6 Å². The third-order valence-corrected chi connectivity index (χ3v) is 6.49. The van der Waals surface area contributed by atoms with Crippen molar-refractivity contribution in [3.63, 3.8) is 0 Å². The molecule has 0 amide bonds. The van der Waals surface area contributed by atoms with Gasteiger partial charge in [0.2, 0.25) is 0 Å². The third-order valence-electron chi connectivity index (χ3n) is 6.03. The van der Waals surface area contributed by atoms with Gasteiger partial charge in [0.1, 0.15) is 17.5 Å². The average molecular weight is 511 g/mol. The molecule has 7 nitrogen and oxygen atoms in total. The first-order valence-corrected chi connectivity index (χ1v) is 11.9. The number of rotatable bonds is 7. The van der Waals surface area contributed by atoms with Gasteiger partial charge in [0, 0.05) is 28.9 Å². The van der Waals surface area contributed by atoms with Gasteiger partial charge in [0.15, 0.2) is 5.82 Å². The summed E-state index contributed by atoms with van der Waals surface area (Å²) < 4.78 is 14.7. The zero-order chi connectivity index (χ0) is 26.2. The smallest absolute Gasteiger partial charge is 0.159 e. The second-order valence-electron chi connectivity index (χ2n) is 9.32. The second kappa shape index (κ2) is 10.1. The predicted molar refractivity (Wildman–Crippen MR) is 138 cm³/mol. The summed E-state index contributed by atoms with van der Waals surface area (Å²) in [6.07, 6.45) is 2.19. The Morgan fingerprint density at radius 2 is 1.78 bits per heavy atom. The van der Waals surface area contributed by atoms with Gasteiger partial charge in [-0.25, -0.2) is 14.4 Å². The molecule has 2 aromatic carbocycles. The molecule has 0 fully saturated rings. The van der Waals surface area contributed by atoms with Crippen LogP contribution in [0, 0.1) is 12.7 Å². The van der Waals surface area contributed by atoms with Crippen LogP contribution in [0.5, 0.6) is 0 Å². The number of aryl methyl sites for hydroxylation is 1. The van der Waals surface area contributed by atoms with Crippen molar-refractivity contribution < 1.29 is 19.7 Å². The number of aromatic nitrogens is 3. The number of nitrogens with zero attached hydrogens (tertiary/aromatic N) is 3. The van der Waals surface area contributed by atoms with E-state index in [4.69, 9.17) is 11.6 Å². The van der Waals surface area contributed by atoms with Crippen molar-refractivity contribution in [1.29, 1.82) is 0 Å². The van der Waals surface area contributed by atoms with Crippen molar-refractivity contribution in [3.05, 3.63) is 82.3 Å². The highest BCUT2D eigenvalue weighted by Gasteiger charge is 2.21. The molecule has 9 heteroatoms. The fourth-order valence-electron chi connectivity index (χ4n) is 3.98. The number of benzene rings is 2. The molecular weight excluding hydrogens is 483 g/mol. The Labute approximate surface area is 213 Å². The van der Waals surface area contributed by atoms with Crippen LogP contribution in [0.25, 0.3) is 22.0 Å². The van der Waals surface area contributed by atoms with Crippen LogP contribution in [-0.2, 0) is 5.60 Å². The summed E-state index contributed by atoms with van der Waals surface area (Å²) in [5, 5.41) is 33.9. The normalized spacial score (nSPS) is 13.6. The molecule has 0 aliphatic rings. The SMILES string of the molecule is Cc1nc2ccc(-c3cnc(C(C)(C)O)nc3)cc2c(NC(C)c2cc(C(O)CO)ccc2F)c1Cl. The fourth-order valence-corrected chi connectivity index (χ4v) is 4.18. The van der Waals surface area contributed by atoms with E-state index >= 15 is 0 Å². The number of hydrogen-bond donors (Lipinski definition) is 4. The Morgan fingerprint density at radius 1 is 1.08 bits per heavy atom. The maximum atomic E-state index is 14.7. The fraction of sp³-hybridized carbons (Fsp3) is 0.296. The van der Waals surface area contributed by atoms with Gasteiger partial charge in [-0.3, -0.25) is 4.98 Å². The van der Waals surface area contributed by atoms with Crippen LogP contribution in [0.2, 0.25) is 5.02 Å². The molecule has 0 saturated heterocycles. The van der Waals surface area contributed by atoms with E-state index in [-0.39, 0.29) is 0 Å². The molecule has 4 aromatic rings. The van der Waals surface area contributed by atoms with Crippen molar-refractivity contribution in [2.45, 2.75) is 45.4 Å². The van der Waals surface area contributed by atoms with Gasteiger partial charge in [-0.05, 0) is 63.1 Å². The highest BCUT2D eigenvalue weighted by Crippen LogP contribution is 2.37. The molecule has 4 rings (SSSR count). The Balaban J connectivity index is 1.76. The van der Waals surface area contributed by atoms with E-state index in [0.29, 0.717) is 38.9 Å². The first kappa shape index (κ1) is 25.9. The van der Waals surface area contributed by atoms with Crippen LogP contribution in [0.4, 0.5) is 10.1 Å². The minimum Gasteiger partial charge on any atom is -0.393 e. The summed E-state index contributed by atoms with van der Waals surface area (Å²) in [7, 11) is 0. The molecule has 0 radical (unpaired) electrons. The maximum absolute atomic E-state index is 14.7. The quantitative estimate of drug-likeness (QED) is 0.270. The van der Waals surface area contributed by atoms with E-state index in [1.54, 1.807) is 40.1 Å². The Bertz CT molecular complexity index is 1410. The van der Waals surface area contributed by atoms with Gasteiger partial charge in [-0.1, -0.05) is 23.7 Å². The summed E-state index contributed by atoms with van der Waals surface area (Å²) in [6.45, 7) is 6.37. The highest BCUT2D eigenvalue weighted by atomic mass is 35.5. The molecule has 2 heterocycles. The Hall–Kier alpha value is -3.17. The van der Waals surface area contributed by atoms with Crippen LogP contribution < -0.4 is 5.32 Å². The Morgan fingerprint density at radius 3 is 2.42 bits per heavy atom. The van der Waals surface area contributed by atoms with Crippen molar-refractivity contribution >= 4 is 28.2 Å². The van der Waals surface area contributed by atoms with E-state index in [1.165, 1.54) is 18.2 Å². The van der Waals surface area contributed by atoms with Crippen LogP contribution in [0.15, 0.2) is 48.8 Å². The summed E-state index contributed by atoms with van der Waals surface area (Å²) >= 11 is 6.67. The molecule has 2 aromatic heterocycles. The number of halogens is 2. The largest absolute Gasteiger partial charge is 0.393 e. The van der Waals surface area contributed by atoms with E-state index in [1.807, 2.05) is 18.2 Å². The van der Waals surface area contributed by atoms with Gasteiger partial charge >= 0.3 is 0 Å². The molecule has 2 unspecified atom stereocenters. The lowest BCUT2D eigenvalue weighted by Gasteiger charge is -2.21. The van der Waals surface area contributed by atoms with Crippen LogP contribution >= 0.6 is 11.6 Å². The average Bonchev–Trinajstić information content (AvgIpc) is 2.85. The third kappa shape index (κ3) is 5.17. The molecule has 0 spiro atoms. The minimum absolute atomic E-state index is 0.319. The maximum Gasteiger partial charge on any atom is 0.159 e. The molecule has 0 saturated carbocycles. The molecule has 0 aliphatic heterocycles.